The Hall–Kier alpha value is -4.43. The fourth-order valence-electron chi connectivity index (χ4n) is 3.73. The Bertz CT molecular complexity index is 1440. The molecule has 2 aromatic carbocycles. The van der Waals surface area contributed by atoms with Crippen molar-refractivity contribution in [1.82, 2.24) is 19.7 Å². The van der Waals surface area contributed by atoms with Crippen molar-refractivity contribution in [3.8, 4) is 22.7 Å². The van der Waals surface area contributed by atoms with E-state index in [1.807, 2.05) is 83.7 Å². The summed E-state index contributed by atoms with van der Waals surface area (Å²) in [7, 11) is 1.64. The quantitative estimate of drug-likeness (QED) is 0.243. The summed E-state index contributed by atoms with van der Waals surface area (Å²) in [6.45, 7) is 4.16. The molecule has 0 bridgehead atoms. The average molecular weight is 494 g/mol. The number of benzene rings is 2. The molecule has 8 heteroatoms. The molecule has 0 aliphatic carbocycles. The first-order chi connectivity index (χ1) is 17.7. The van der Waals surface area contributed by atoms with Crippen LogP contribution in [0, 0.1) is 0 Å². The van der Waals surface area contributed by atoms with E-state index in [0.29, 0.717) is 22.3 Å². The van der Waals surface area contributed by atoms with E-state index < -0.39 is 0 Å². The van der Waals surface area contributed by atoms with E-state index in [9.17, 15) is 4.79 Å². The minimum Gasteiger partial charge on any atom is -0.497 e. The molecule has 0 radical (unpaired) electrons. The Morgan fingerprint density at radius 1 is 1.08 bits per heavy atom. The minimum atomic E-state index is -0.129. The van der Waals surface area contributed by atoms with Gasteiger partial charge in [0.05, 0.1) is 35.3 Å². The maximum atomic E-state index is 13.4. The highest BCUT2D eigenvalue weighted by Gasteiger charge is 2.33. The molecule has 0 atom stereocenters. The number of thioether (sulfide) groups is 1. The second-order valence-corrected chi connectivity index (χ2v) is 8.87. The van der Waals surface area contributed by atoms with E-state index in [1.165, 1.54) is 11.8 Å². The third-order valence-electron chi connectivity index (χ3n) is 5.48. The number of ether oxygens (including phenoxy) is 1. The van der Waals surface area contributed by atoms with Gasteiger partial charge in [0.15, 0.2) is 5.17 Å². The number of nitrogens with zero attached hydrogens (tertiary/aromatic N) is 5. The zero-order valence-electron chi connectivity index (χ0n) is 19.6. The first kappa shape index (κ1) is 23.3. The third-order valence-corrected chi connectivity index (χ3v) is 6.49. The fraction of sp³-hybridized carbons (Fsp3) is 0.0714. The highest BCUT2D eigenvalue weighted by atomic mass is 32.2. The standard InChI is InChI=1S/C28H23N5O2S/c1-3-16-32-27(34)25(36-28(32)30-22-8-7-15-29-18-22)17-21-19-33(23-9-5-4-6-10-23)31-26(21)20-11-13-24(35-2)14-12-20/h3-15,17-19H,1,16H2,2H3/b25-17-,30-28?. The molecule has 5 rings (SSSR count). The maximum Gasteiger partial charge on any atom is 0.267 e. The normalized spacial score (nSPS) is 15.6. The van der Waals surface area contributed by atoms with Crippen LogP contribution < -0.4 is 4.74 Å². The molecule has 2 aromatic heterocycles. The van der Waals surface area contributed by atoms with Crippen LogP contribution in [0.5, 0.6) is 5.75 Å². The number of pyridine rings is 1. The lowest BCUT2D eigenvalue weighted by Crippen LogP contribution is -2.29. The van der Waals surface area contributed by atoms with Gasteiger partial charge in [-0.15, -0.1) is 6.58 Å². The molecule has 7 nitrogen and oxygen atoms in total. The first-order valence-electron chi connectivity index (χ1n) is 11.3. The number of para-hydroxylation sites is 1. The molecule has 1 aliphatic heterocycles. The summed E-state index contributed by atoms with van der Waals surface area (Å²) in [4.78, 5) is 24.3. The van der Waals surface area contributed by atoms with Crippen molar-refractivity contribution in [1.29, 1.82) is 0 Å². The van der Waals surface area contributed by atoms with Crippen molar-refractivity contribution in [2.24, 2.45) is 4.99 Å². The van der Waals surface area contributed by atoms with Gasteiger partial charge in [0.1, 0.15) is 5.75 Å². The van der Waals surface area contributed by atoms with Gasteiger partial charge in [0.2, 0.25) is 0 Å². The molecule has 178 valence electrons. The van der Waals surface area contributed by atoms with Crippen LogP contribution in [0.3, 0.4) is 0 Å². The van der Waals surface area contributed by atoms with Gasteiger partial charge in [0.25, 0.3) is 5.91 Å². The Kier molecular flexibility index (Phi) is 6.77. The van der Waals surface area contributed by atoms with Crippen molar-refractivity contribution >= 4 is 34.6 Å². The summed E-state index contributed by atoms with van der Waals surface area (Å²) in [5.41, 5.74) is 4.10. The highest BCUT2D eigenvalue weighted by molar-refractivity contribution is 8.18. The smallest absolute Gasteiger partial charge is 0.267 e. The summed E-state index contributed by atoms with van der Waals surface area (Å²) in [6.07, 6.45) is 8.85. The van der Waals surface area contributed by atoms with Crippen molar-refractivity contribution in [2.45, 2.75) is 0 Å². The number of hydrogen-bond acceptors (Lipinski definition) is 6. The van der Waals surface area contributed by atoms with Crippen molar-refractivity contribution in [3.63, 3.8) is 0 Å². The summed E-state index contributed by atoms with van der Waals surface area (Å²) < 4.78 is 7.13. The van der Waals surface area contributed by atoms with Gasteiger partial charge >= 0.3 is 0 Å². The number of rotatable bonds is 7. The Morgan fingerprint density at radius 2 is 1.89 bits per heavy atom. The number of carbonyl (C=O) groups excluding carboxylic acids is 1. The molecule has 36 heavy (non-hydrogen) atoms. The van der Waals surface area contributed by atoms with E-state index in [-0.39, 0.29) is 5.91 Å². The van der Waals surface area contributed by atoms with Crippen LogP contribution >= 0.6 is 11.8 Å². The van der Waals surface area contributed by atoms with Gasteiger partial charge in [-0.1, -0.05) is 24.3 Å². The maximum absolute atomic E-state index is 13.4. The van der Waals surface area contributed by atoms with Gasteiger partial charge in [-0.25, -0.2) is 9.67 Å². The highest BCUT2D eigenvalue weighted by Crippen LogP contribution is 2.36. The number of amides is 1. The molecule has 1 amide bonds. The molecule has 3 heterocycles. The predicted octanol–water partition coefficient (Wildman–Crippen LogP) is 5.73. The molecule has 1 saturated heterocycles. The monoisotopic (exact) mass is 493 g/mol. The van der Waals surface area contributed by atoms with E-state index >= 15 is 0 Å². The number of aromatic nitrogens is 3. The first-order valence-corrected chi connectivity index (χ1v) is 12.1. The van der Waals surface area contributed by atoms with Crippen LogP contribution in [0.25, 0.3) is 23.0 Å². The number of methoxy groups -OCH3 is 1. The second-order valence-electron chi connectivity index (χ2n) is 7.86. The van der Waals surface area contributed by atoms with E-state index in [0.717, 1.165) is 28.3 Å². The van der Waals surface area contributed by atoms with Gasteiger partial charge in [-0.2, -0.15) is 5.10 Å². The van der Waals surface area contributed by atoms with Gasteiger partial charge < -0.3 is 4.74 Å². The van der Waals surface area contributed by atoms with E-state index in [2.05, 4.69) is 16.6 Å². The van der Waals surface area contributed by atoms with Crippen molar-refractivity contribution in [2.75, 3.05) is 13.7 Å². The summed E-state index contributed by atoms with van der Waals surface area (Å²) in [6, 6.07) is 21.2. The lowest BCUT2D eigenvalue weighted by Gasteiger charge is -2.12. The van der Waals surface area contributed by atoms with Gasteiger partial charge in [-0.05, 0) is 66.4 Å². The Labute approximate surface area is 213 Å². The van der Waals surface area contributed by atoms with E-state index in [1.54, 1.807) is 30.5 Å². The van der Waals surface area contributed by atoms with Gasteiger partial charge in [0, 0.05) is 30.1 Å². The molecule has 0 spiro atoms. The predicted molar refractivity (Wildman–Crippen MR) is 144 cm³/mol. The van der Waals surface area contributed by atoms with Crippen molar-refractivity contribution in [3.05, 3.63) is 108 Å². The minimum absolute atomic E-state index is 0.129. The Morgan fingerprint density at radius 3 is 2.58 bits per heavy atom. The van der Waals surface area contributed by atoms with Crippen LogP contribution in [-0.2, 0) is 4.79 Å². The zero-order chi connectivity index (χ0) is 24.9. The molecule has 0 N–H and O–H groups in total. The van der Waals surface area contributed by atoms with Crippen LogP contribution in [-0.4, -0.2) is 44.4 Å². The SMILES string of the molecule is C=CCN1C(=O)/C(=C/c2cn(-c3ccccc3)nc2-c2ccc(OC)cc2)SC1=Nc1cccnc1. The fourth-order valence-corrected chi connectivity index (χ4v) is 4.73. The number of amidine groups is 1. The van der Waals surface area contributed by atoms with Crippen LogP contribution in [0.1, 0.15) is 5.56 Å². The topological polar surface area (TPSA) is 72.6 Å². The number of hydrogen-bond donors (Lipinski definition) is 0. The summed E-state index contributed by atoms with van der Waals surface area (Å²) >= 11 is 1.33. The Balaban J connectivity index is 1.58. The average Bonchev–Trinajstić information content (AvgIpc) is 3.47. The lowest BCUT2D eigenvalue weighted by molar-refractivity contribution is -0.121. The van der Waals surface area contributed by atoms with Gasteiger partial charge in [-0.3, -0.25) is 14.7 Å². The molecule has 4 aromatic rings. The summed E-state index contributed by atoms with van der Waals surface area (Å²) in [5, 5.41) is 5.44. The molecular formula is C28H23N5O2S. The summed E-state index contributed by atoms with van der Waals surface area (Å²) in [5.74, 6) is 0.634. The van der Waals surface area contributed by atoms with E-state index in [4.69, 9.17) is 9.84 Å². The van der Waals surface area contributed by atoms with Crippen LogP contribution in [0.2, 0.25) is 0 Å². The van der Waals surface area contributed by atoms with Crippen LogP contribution in [0.4, 0.5) is 5.69 Å². The van der Waals surface area contributed by atoms with Crippen molar-refractivity contribution < 1.29 is 9.53 Å². The second kappa shape index (κ2) is 10.5. The third kappa shape index (κ3) is 4.85. The zero-order valence-corrected chi connectivity index (χ0v) is 20.4. The molecule has 1 fully saturated rings. The van der Waals surface area contributed by atoms with Crippen LogP contribution in [0.15, 0.2) is 108 Å². The number of aliphatic imine (C=N–C) groups is 1. The largest absolute Gasteiger partial charge is 0.497 e. The molecule has 0 unspecified atom stereocenters. The number of carbonyl (C=O) groups is 1. The molecule has 1 aliphatic rings. The lowest BCUT2D eigenvalue weighted by atomic mass is 10.1. The molecule has 0 saturated carbocycles. The molecular weight excluding hydrogens is 470 g/mol.